The van der Waals surface area contributed by atoms with Crippen molar-refractivity contribution >= 4 is 29.2 Å². The highest BCUT2D eigenvalue weighted by Crippen LogP contribution is 2.66. The van der Waals surface area contributed by atoms with Gasteiger partial charge in [0.15, 0.2) is 0 Å². The molecule has 0 aliphatic heterocycles. The number of ether oxygens (including phenoxy) is 2. The number of fused-ring (bicyclic) bond motifs is 1. The lowest BCUT2D eigenvalue weighted by molar-refractivity contribution is 0.0600. The number of nitrogens with two attached hydrogens (primary N) is 1. The van der Waals surface area contributed by atoms with E-state index in [1.165, 1.54) is 56.1 Å². The molecule has 1 saturated carbocycles. The van der Waals surface area contributed by atoms with E-state index >= 15 is 0 Å². The summed E-state index contributed by atoms with van der Waals surface area (Å²) in [6.45, 7) is 7.54. The van der Waals surface area contributed by atoms with Crippen molar-refractivity contribution < 1.29 is 14.3 Å². The van der Waals surface area contributed by atoms with Crippen molar-refractivity contribution in [1.82, 2.24) is 4.72 Å². The molecule has 0 heterocycles. The second-order valence-electron chi connectivity index (χ2n) is 11.8. The van der Waals surface area contributed by atoms with E-state index in [1.54, 1.807) is 17.7 Å². The molecule has 0 radical (unpaired) electrons. The topological polar surface area (TPSA) is 73.6 Å². The zero-order valence-corrected chi connectivity index (χ0v) is 26.3. The van der Waals surface area contributed by atoms with Crippen LogP contribution in [-0.2, 0) is 11.3 Å². The first-order valence-electron chi connectivity index (χ1n) is 15.5. The smallest absolute Gasteiger partial charge is 0.337 e. The SMILES string of the molecule is C=C(c1ccccc1OCc1ccc(C(=O)OC)cc1)C12CCC(NSN)C1CC(CCCCCC)=C2c1ccccc1. The second kappa shape index (κ2) is 14.4. The maximum absolute atomic E-state index is 11.9. The molecule has 3 aromatic rings. The van der Waals surface area contributed by atoms with Gasteiger partial charge in [0.05, 0.1) is 12.7 Å². The lowest BCUT2D eigenvalue weighted by Crippen LogP contribution is -2.35. The van der Waals surface area contributed by atoms with E-state index in [4.69, 9.17) is 21.2 Å². The fraction of sp³-hybridized carbons (Fsp3) is 0.378. The maximum atomic E-state index is 11.9. The molecule has 5 nitrogen and oxygen atoms in total. The Kier molecular flexibility index (Phi) is 10.4. The van der Waals surface area contributed by atoms with Gasteiger partial charge in [0.2, 0.25) is 0 Å². The van der Waals surface area contributed by atoms with E-state index in [9.17, 15) is 4.79 Å². The number of hydrogen-bond acceptors (Lipinski definition) is 6. The van der Waals surface area contributed by atoms with Crippen LogP contribution in [0.2, 0.25) is 0 Å². The summed E-state index contributed by atoms with van der Waals surface area (Å²) in [6.07, 6.45) is 9.23. The molecular weight excluding hydrogens is 552 g/mol. The molecule has 1 fully saturated rings. The largest absolute Gasteiger partial charge is 0.488 e. The molecule has 43 heavy (non-hydrogen) atoms. The average Bonchev–Trinajstić information content (AvgIpc) is 3.57. The van der Waals surface area contributed by atoms with E-state index < -0.39 is 0 Å². The van der Waals surface area contributed by atoms with Gasteiger partial charge in [-0.05, 0) is 78.5 Å². The number of rotatable bonds is 14. The molecule has 3 aromatic carbocycles. The zero-order valence-electron chi connectivity index (χ0n) is 25.4. The van der Waals surface area contributed by atoms with Gasteiger partial charge in [-0.2, -0.15) is 0 Å². The van der Waals surface area contributed by atoms with Crippen LogP contribution < -0.4 is 14.6 Å². The van der Waals surface area contributed by atoms with Gasteiger partial charge >= 0.3 is 5.97 Å². The van der Waals surface area contributed by atoms with E-state index in [2.05, 4.69) is 54.1 Å². The monoisotopic (exact) mass is 596 g/mol. The number of para-hydroxylation sites is 1. The molecule has 3 unspecified atom stereocenters. The minimum atomic E-state index is -0.344. The second-order valence-corrected chi connectivity index (χ2v) is 12.2. The van der Waals surface area contributed by atoms with E-state index in [-0.39, 0.29) is 11.4 Å². The predicted molar refractivity (Wildman–Crippen MR) is 178 cm³/mol. The number of methoxy groups -OCH3 is 1. The van der Waals surface area contributed by atoms with Crippen LogP contribution >= 0.6 is 12.1 Å². The average molecular weight is 597 g/mol. The lowest BCUT2D eigenvalue weighted by atomic mass is 9.66. The van der Waals surface area contributed by atoms with Crippen LogP contribution in [0.5, 0.6) is 5.75 Å². The molecule has 6 heteroatoms. The summed E-state index contributed by atoms with van der Waals surface area (Å²) in [5.74, 6) is 0.848. The molecular formula is C37H44N2O3S. The molecule has 0 spiro atoms. The fourth-order valence-electron chi connectivity index (χ4n) is 7.33. The molecule has 0 bridgehead atoms. The van der Waals surface area contributed by atoms with Gasteiger partial charge in [-0.15, -0.1) is 0 Å². The van der Waals surface area contributed by atoms with Crippen molar-refractivity contribution in [2.45, 2.75) is 70.9 Å². The van der Waals surface area contributed by atoms with Crippen LogP contribution in [0.1, 0.15) is 85.3 Å². The van der Waals surface area contributed by atoms with E-state index in [0.717, 1.165) is 48.1 Å². The van der Waals surface area contributed by atoms with E-state index in [0.29, 0.717) is 24.1 Å². The Bertz CT molecular complexity index is 1440. The van der Waals surface area contributed by atoms with Crippen LogP contribution in [0.3, 0.4) is 0 Å². The fourth-order valence-corrected chi connectivity index (χ4v) is 7.79. The quantitative estimate of drug-likeness (QED) is 0.110. The van der Waals surface area contributed by atoms with Crippen LogP contribution in [0, 0.1) is 11.3 Å². The molecule has 2 aliphatic rings. The zero-order chi connectivity index (χ0) is 30.2. The summed E-state index contributed by atoms with van der Waals surface area (Å²) in [6, 6.07) is 26.9. The minimum absolute atomic E-state index is 0.212. The van der Waals surface area contributed by atoms with Gasteiger partial charge in [-0.3, -0.25) is 5.14 Å². The van der Waals surface area contributed by atoms with Crippen LogP contribution in [0.4, 0.5) is 0 Å². The van der Waals surface area contributed by atoms with Gasteiger partial charge in [0.1, 0.15) is 12.4 Å². The van der Waals surface area contributed by atoms with Gasteiger partial charge in [-0.25, -0.2) is 9.52 Å². The summed E-state index contributed by atoms with van der Waals surface area (Å²) in [5, 5.41) is 5.99. The van der Waals surface area contributed by atoms with Gasteiger partial charge in [0, 0.05) is 29.2 Å². The molecule has 3 N–H and O–H groups in total. The van der Waals surface area contributed by atoms with Gasteiger partial charge < -0.3 is 9.47 Å². The highest BCUT2D eigenvalue weighted by Gasteiger charge is 2.57. The number of allylic oxidation sites excluding steroid dienone is 3. The Balaban J connectivity index is 1.50. The summed E-state index contributed by atoms with van der Waals surface area (Å²) in [4.78, 5) is 11.9. The lowest BCUT2D eigenvalue weighted by Gasteiger charge is -2.38. The first-order chi connectivity index (χ1) is 21.0. The molecule has 0 aromatic heterocycles. The molecule has 5 rings (SSSR count). The maximum Gasteiger partial charge on any atom is 0.337 e. The summed E-state index contributed by atoms with van der Waals surface area (Å²) in [7, 11) is 1.39. The molecule has 2 aliphatic carbocycles. The van der Waals surface area contributed by atoms with Crippen molar-refractivity contribution in [1.29, 1.82) is 0 Å². The number of esters is 1. The number of nitrogens with one attached hydrogen (secondary N) is 1. The van der Waals surface area contributed by atoms with Crippen molar-refractivity contribution in [3.05, 3.63) is 113 Å². The molecule has 226 valence electrons. The van der Waals surface area contributed by atoms with Gasteiger partial charge in [-0.1, -0.05) is 99.0 Å². The third-order valence-corrected chi connectivity index (χ3v) is 9.81. The molecule has 0 saturated heterocycles. The standard InChI is InChI=1S/C37H44N2O3S/c1-4-5-6-8-15-30-24-32-33(39-43-38)22-23-37(32,35(30)28-13-9-7-10-14-28)26(2)31-16-11-12-17-34(31)42-25-27-18-20-29(21-19-27)36(40)41-3/h7,9-14,16-21,32-33,39H,2,4-6,8,15,22-25,38H2,1,3H3. The van der Waals surface area contributed by atoms with Crippen LogP contribution in [-0.4, -0.2) is 19.1 Å². The Labute approximate surface area is 261 Å². The van der Waals surface area contributed by atoms with Crippen molar-refractivity contribution in [2.75, 3.05) is 7.11 Å². The molecule has 3 atom stereocenters. The summed E-state index contributed by atoms with van der Waals surface area (Å²) >= 11 is 1.24. The number of carbonyl (C=O) groups is 1. The predicted octanol–water partition coefficient (Wildman–Crippen LogP) is 8.77. The van der Waals surface area contributed by atoms with Crippen molar-refractivity contribution in [2.24, 2.45) is 16.5 Å². The van der Waals surface area contributed by atoms with E-state index in [1.807, 2.05) is 24.3 Å². The Morgan fingerprint density at radius 2 is 1.77 bits per heavy atom. The Morgan fingerprint density at radius 1 is 1.02 bits per heavy atom. The summed E-state index contributed by atoms with van der Waals surface area (Å²) in [5.41, 5.74) is 7.83. The minimum Gasteiger partial charge on any atom is -0.488 e. The third kappa shape index (κ3) is 6.47. The highest BCUT2D eigenvalue weighted by molar-refractivity contribution is 7.95. The third-order valence-electron chi connectivity index (χ3n) is 9.37. The van der Waals surface area contributed by atoms with Crippen LogP contribution in [0.25, 0.3) is 11.1 Å². The summed E-state index contributed by atoms with van der Waals surface area (Å²) < 4.78 is 14.9. The number of unbranched alkanes of at least 4 members (excludes halogenated alkanes) is 3. The van der Waals surface area contributed by atoms with Crippen molar-refractivity contribution in [3.63, 3.8) is 0 Å². The Morgan fingerprint density at radius 3 is 2.49 bits per heavy atom. The number of benzene rings is 3. The Hall–Kier alpha value is -3.32. The first kappa shape index (κ1) is 31.1. The van der Waals surface area contributed by atoms with Gasteiger partial charge in [0.25, 0.3) is 0 Å². The first-order valence-corrected chi connectivity index (χ1v) is 16.4. The molecule has 0 amide bonds. The highest BCUT2D eigenvalue weighted by atomic mass is 32.2. The van der Waals surface area contributed by atoms with Crippen LogP contribution in [0.15, 0.2) is 91.0 Å². The number of carbonyl (C=O) groups excluding carboxylic acids is 1. The number of hydrogen-bond donors (Lipinski definition) is 2. The van der Waals surface area contributed by atoms with Crippen molar-refractivity contribution in [3.8, 4) is 5.75 Å². The normalized spacial score (nSPS) is 21.1.